The van der Waals surface area contributed by atoms with Gasteiger partial charge in [0.25, 0.3) is 0 Å². The zero-order chi connectivity index (χ0) is 9.80. The van der Waals surface area contributed by atoms with Gasteiger partial charge in [-0.05, 0) is 18.1 Å². The molecule has 0 aliphatic carbocycles. The smallest absolute Gasteiger partial charge is 0.0460 e. The molecular formula is C13H13N. The molecule has 14 heavy (non-hydrogen) atoms. The highest BCUT2D eigenvalue weighted by Crippen LogP contribution is 2.18. The molecule has 1 heterocycles. The van der Waals surface area contributed by atoms with Gasteiger partial charge in [-0.25, -0.2) is 0 Å². The molecule has 0 radical (unpaired) electrons. The molecule has 0 aliphatic heterocycles. The minimum Gasteiger partial charge on any atom is -0.361 e. The van der Waals surface area contributed by atoms with Gasteiger partial charge < -0.3 is 4.98 Å². The second-order valence-corrected chi connectivity index (χ2v) is 3.22. The Kier molecular flexibility index (Phi) is 2.50. The lowest BCUT2D eigenvalue weighted by atomic mass is 10.1. The molecule has 0 fully saturated rings. The summed E-state index contributed by atoms with van der Waals surface area (Å²) in [5.74, 6) is 0. The third-order valence-corrected chi connectivity index (χ3v) is 2.22. The van der Waals surface area contributed by atoms with Crippen molar-refractivity contribution in [3.05, 3.63) is 54.8 Å². The molecule has 1 nitrogen and oxygen atoms in total. The van der Waals surface area contributed by atoms with Crippen molar-refractivity contribution in [2.45, 2.75) is 6.42 Å². The van der Waals surface area contributed by atoms with Gasteiger partial charge in [-0.2, -0.15) is 0 Å². The second-order valence-electron chi connectivity index (χ2n) is 3.22. The number of aromatic amines is 1. The number of benzene rings is 1. The molecule has 0 amide bonds. The highest BCUT2D eigenvalue weighted by atomic mass is 14.7. The summed E-state index contributed by atoms with van der Waals surface area (Å²) in [5, 5.41) is 1.27. The van der Waals surface area contributed by atoms with Crippen LogP contribution in [0.15, 0.2) is 49.2 Å². The van der Waals surface area contributed by atoms with Gasteiger partial charge in [0.05, 0.1) is 0 Å². The zero-order valence-electron chi connectivity index (χ0n) is 8.03. The van der Waals surface area contributed by atoms with Crippen LogP contribution in [0.5, 0.6) is 0 Å². The number of para-hydroxylation sites is 1. The Bertz CT molecular complexity index is 463. The first-order valence-corrected chi connectivity index (χ1v) is 4.75. The van der Waals surface area contributed by atoms with Gasteiger partial charge in [-0.1, -0.05) is 36.4 Å². The number of aromatic nitrogens is 1. The van der Waals surface area contributed by atoms with Gasteiger partial charge in [-0.15, -0.1) is 6.58 Å². The standard InChI is InChI=1S/C13H13N/c1-2-3-4-7-11-10-14-13-9-6-5-8-12(11)13/h2,4-10,14H,1,3H2/b7-4+. The van der Waals surface area contributed by atoms with Gasteiger partial charge in [-0.3, -0.25) is 0 Å². The van der Waals surface area contributed by atoms with Crippen LogP contribution >= 0.6 is 0 Å². The lowest BCUT2D eigenvalue weighted by Crippen LogP contribution is -1.67. The van der Waals surface area contributed by atoms with E-state index < -0.39 is 0 Å². The maximum atomic E-state index is 3.68. The highest BCUT2D eigenvalue weighted by Gasteiger charge is 1.97. The Hall–Kier alpha value is -1.76. The first-order chi connectivity index (χ1) is 6.92. The van der Waals surface area contributed by atoms with E-state index in [1.807, 2.05) is 18.3 Å². The van der Waals surface area contributed by atoms with E-state index in [2.05, 4.69) is 41.9 Å². The SMILES string of the molecule is C=CC/C=C/c1c[nH]c2ccccc12. The molecule has 0 saturated heterocycles. The molecule has 1 N–H and O–H groups in total. The number of nitrogens with one attached hydrogen (secondary N) is 1. The van der Waals surface area contributed by atoms with Crippen LogP contribution in [-0.2, 0) is 0 Å². The van der Waals surface area contributed by atoms with Crippen LogP contribution in [0, 0.1) is 0 Å². The number of H-pyrrole nitrogens is 1. The van der Waals surface area contributed by atoms with E-state index in [4.69, 9.17) is 0 Å². The van der Waals surface area contributed by atoms with Crippen molar-refractivity contribution in [2.75, 3.05) is 0 Å². The van der Waals surface area contributed by atoms with Crippen LogP contribution in [0.25, 0.3) is 17.0 Å². The van der Waals surface area contributed by atoms with E-state index in [0.717, 1.165) is 6.42 Å². The van der Waals surface area contributed by atoms with E-state index >= 15 is 0 Å². The van der Waals surface area contributed by atoms with E-state index in [9.17, 15) is 0 Å². The van der Waals surface area contributed by atoms with E-state index in [1.165, 1.54) is 16.5 Å². The summed E-state index contributed by atoms with van der Waals surface area (Å²) in [6, 6.07) is 8.30. The Labute approximate surface area is 83.8 Å². The summed E-state index contributed by atoms with van der Waals surface area (Å²) in [6.07, 6.45) is 9.08. The minimum absolute atomic E-state index is 0.916. The van der Waals surface area contributed by atoms with Crippen LogP contribution in [0.3, 0.4) is 0 Å². The number of rotatable bonds is 3. The summed E-state index contributed by atoms with van der Waals surface area (Å²) in [6.45, 7) is 3.68. The normalized spacial score (nSPS) is 11.1. The molecule has 0 saturated carbocycles. The fourth-order valence-corrected chi connectivity index (χ4v) is 1.52. The van der Waals surface area contributed by atoms with E-state index in [1.54, 1.807) is 0 Å². The van der Waals surface area contributed by atoms with Gasteiger partial charge in [0, 0.05) is 17.1 Å². The molecule has 0 atom stereocenters. The van der Waals surface area contributed by atoms with Gasteiger partial charge in [0.2, 0.25) is 0 Å². The summed E-state index contributed by atoms with van der Waals surface area (Å²) >= 11 is 0. The number of hydrogen-bond acceptors (Lipinski definition) is 0. The lowest BCUT2D eigenvalue weighted by molar-refractivity contribution is 1.42. The molecule has 0 unspecified atom stereocenters. The molecule has 70 valence electrons. The fraction of sp³-hybridized carbons (Fsp3) is 0.0769. The Morgan fingerprint density at radius 1 is 1.29 bits per heavy atom. The van der Waals surface area contributed by atoms with Crippen LogP contribution < -0.4 is 0 Å². The van der Waals surface area contributed by atoms with Crippen molar-refractivity contribution in [1.82, 2.24) is 4.98 Å². The second kappa shape index (κ2) is 3.97. The summed E-state index contributed by atoms with van der Waals surface area (Å²) in [4.78, 5) is 3.24. The number of fused-ring (bicyclic) bond motifs is 1. The van der Waals surface area contributed by atoms with E-state index in [0.29, 0.717) is 0 Å². The fourth-order valence-electron chi connectivity index (χ4n) is 1.52. The minimum atomic E-state index is 0.916. The molecule has 0 spiro atoms. The monoisotopic (exact) mass is 183 g/mol. The molecule has 0 bridgehead atoms. The lowest BCUT2D eigenvalue weighted by Gasteiger charge is -1.89. The Morgan fingerprint density at radius 2 is 2.14 bits per heavy atom. The molecule has 1 aromatic carbocycles. The zero-order valence-corrected chi connectivity index (χ0v) is 8.03. The van der Waals surface area contributed by atoms with Crippen molar-refractivity contribution in [3.8, 4) is 0 Å². The maximum absolute atomic E-state index is 3.68. The van der Waals surface area contributed by atoms with Gasteiger partial charge in [0.1, 0.15) is 0 Å². The first-order valence-electron chi connectivity index (χ1n) is 4.75. The molecule has 2 aromatic rings. The quantitative estimate of drug-likeness (QED) is 0.697. The average Bonchev–Trinajstić information content (AvgIpc) is 2.63. The molecule has 0 aliphatic rings. The maximum Gasteiger partial charge on any atom is 0.0460 e. The Balaban J connectivity index is 2.38. The molecular weight excluding hydrogens is 170 g/mol. The van der Waals surface area contributed by atoms with Crippen molar-refractivity contribution in [1.29, 1.82) is 0 Å². The number of allylic oxidation sites excluding steroid dienone is 2. The first kappa shape index (κ1) is 8.82. The van der Waals surface area contributed by atoms with E-state index in [-0.39, 0.29) is 0 Å². The van der Waals surface area contributed by atoms with Crippen LogP contribution in [0.1, 0.15) is 12.0 Å². The Morgan fingerprint density at radius 3 is 3.00 bits per heavy atom. The third kappa shape index (κ3) is 1.62. The molecule has 2 rings (SSSR count). The summed E-state index contributed by atoms with van der Waals surface area (Å²) in [5.41, 5.74) is 2.42. The van der Waals surface area contributed by atoms with Crippen LogP contribution in [-0.4, -0.2) is 4.98 Å². The topological polar surface area (TPSA) is 15.8 Å². The molecule has 1 aromatic heterocycles. The van der Waals surface area contributed by atoms with Crippen molar-refractivity contribution in [3.63, 3.8) is 0 Å². The molecule has 1 heteroatoms. The van der Waals surface area contributed by atoms with Crippen LogP contribution in [0.4, 0.5) is 0 Å². The number of hydrogen-bond donors (Lipinski definition) is 1. The van der Waals surface area contributed by atoms with Gasteiger partial charge >= 0.3 is 0 Å². The van der Waals surface area contributed by atoms with Crippen LogP contribution in [0.2, 0.25) is 0 Å². The summed E-state index contributed by atoms with van der Waals surface area (Å²) < 4.78 is 0. The predicted molar refractivity (Wildman–Crippen MR) is 62.1 cm³/mol. The summed E-state index contributed by atoms with van der Waals surface area (Å²) in [7, 11) is 0. The van der Waals surface area contributed by atoms with Crippen molar-refractivity contribution in [2.24, 2.45) is 0 Å². The van der Waals surface area contributed by atoms with Crippen molar-refractivity contribution < 1.29 is 0 Å². The predicted octanol–water partition coefficient (Wildman–Crippen LogP) is 3.76. The van der Waals surface area contributed by atoms with Gasteiger partial charge in [0.15, 0.2) is 0 Å². The highest BCUT2D eigenvalue weighted by molar-refractivity contribution is 5.88. The average molecular weight is 183 g/mol. The van der Waals surface area contributed by atoms with Crippen molar-refractivity contribution >= 4 is 17.0 Å². The largest absolute Gasteiger partial charge is 0.361 e. The third-order valence-electron chi connectivity index (χ3n) is 2.22.